The second-order valence-corrected chi connectivity index (χ2v) is 3.81. The maximum atomic E-state index is 13.0. The molecule has 2 rings (SSSR count). The molecule has 19 heavy (non-hydrogen) atoms. The summed E-state index contributed by atoms with van der Waals surface area (Å²) in [6.07, 6.45) is 2.20. The molecular weight excluding hydrogens is 257 g/mol. The molecule has 1 atom stereocenters. The van der Waals surface area contributed by atoms with Gasteiger partial charge in [-0.25, -0.2) is 0 Å². The highest BCUT2D eigenvalue weighted by Gasteiger charge is 2.35. The normalized spacial score (nSPS) is 13.3. The lowest BCUT2D eigenvalue weighted by Crippen LogP contribution is -2.23. The molecule has 1 N–H and O–H groups in total. The number of hydrogen-bond acceptors (Lipinski definition) is 4. The lowest BCUT2D eigenvalue weighted by atomic mass is 10.0. The van der Waals surface area contributed by atoms with E-state index in [0.717, 1.165) is 12.3 Å². The first-order valence-corrected chi connectivity index (χ1v) is 5.48. The number of rotatable bonds is 3. The Kier molecular flexibility index (Phi) is 3.75. The first kappa shape index (κ1) is 13.4. The topological polar surface area (TPSA) is 50.7 Å². The van der Waals surface area contributed by atoms with Gasteiger partial charge < -0.3 is 5.32 Å². The smallest absolute Gasteiger partial charge is 0.308 e. The summed E-state index contributed by atoms with van der Waals surface area (Å²) in [6, 6.07) is 0.245. The van der Waals surface area contributed by atoms with Crippen molar-refractivity contribution in [3.8, 4) is 0 Å². The average molecular weight is 268 g/mol. The zero-order valence-electron chi connectivity index (χ0n) is 10.0. The van der Waals surface area contributed by atoms with Crippen molar-refractivity contribution in [2.75, 3.05) is 7.05 Å². The molecule has 0 saturated heterocycles. The lowest BCUT2D eigenvalue weighted by molar-refractivity contribution is -0.138. The third-order valence-corrected chi connectivity index (χ3v) is 2.64. The van der Waals surface area contributed by atoms with Crippen LogP contribution in [0.3, 0.4) is 0 Å². The van der Waals surface area contributed by atoms with Crippen LogP contribution >= 0.6 is 0 Å². The molecule has 7 heteroatoms. The predicted molar refractivity (Wildman–Crippen MR) is 62.2 cm³/mol. The number of nitrogens with zero attached hydrogens (tertiary/aromatic N) is 3. The highest BCUT2D eigenvalue weighted by atomic mass is 19.4. The number of aromatic nitrogens is 3. The molecule has 0 saturated carbocycles. The van der Waals surface area contributed by atoms with E-state index in [1.165, 1.54) is 24.8 Å². The van der Waals surface area contributed by atoms with E-state index in [1.807, 2.05) is 0 Å². The quantitative estimate of drug-likeness (QED) is 0.927. The SMILES string of the molecule is CNC(c1cnccn1)c1cnccc1C(F)(F)F. The van der Waals surface area contributed by atoms with Gasteiger partial charge in [0.1, 0.15) is 0 Å². The molecule has 0 aliphatic rings. The van der Waals surface area contributed by atoms with Gasteiger partial charge in [0, 0.05) is 30.4 Å². The molecule has 100 valence electrons. The molecule has 2 aromatic heterocycles. The molecule has 2 aromatic rings. The van der Waals surface area contributed by atoms with Gasteiger partial charge in [-0.1, -0.05) is 0 Å². The Morgan fingerprint density at radius 2 is 1.84 bits per heavy atom. The lowest BCUT2D eigenvalue weighted by Gasteiger charge is -2.19. The van der Waals surface area contributed by atoms with Crippen molar-refractivity contribution in [3.63, 3.8) is 0 Å². The Labute approximate surface area is 107 Å². The second kappa shape index (κ2) is 5.31. The van der Waals surface area contributed by atoms with E-state index < -0.39 is 17.8 Å². The van der Waals surface area contributed by atoms with Crippen molar-refractivity contribution in [1.82, 2.24) is 20.3 Å². The summed E-state index contributed by atoms with van der Waals surface area (Å²) in [5.74, 6) is 0. The Balaban J connectivity index is 2.51. The molecular formula is C12H11F3N4. The number of nitrogens with one attached hydrogen (secondary N) is 1. The van der Waals surface area contributed by atoms with Crippen molar-refractivity contribution in [2.45, 2.75) is 12.2 Å². The van der Waals surface area contributed by atoms with Crippen LogP contribution < -0.4 is 5.32 Å². The molecule has 0 spiro atoms. The van der Waals surface area contributed by atoms with E-state index in [0.29, 0.717) is 5.69 Å². The molecule has 1 unspecified atom stereocenters. The van der Waals surface area contributed by atoms with Crippen molar-refractivity contribution in [3.05, 3.63) is 53.9 Å². The number of hydrogen-bond donors (Lipinski definition) is 1. The van der Waals surface area contributed by atoms with Crippen molar-refractivity contribution >= 4 is 0 Å². The minimum atomic E-state index is -4.43. The monoisotopic (exact) mass is 268 g/mol. The first-order valence-electron chi connectivity index (χ1n) is 5.48. The van der Waals surface area contributed by atoms with E-state index in [-0.39, 0.29) is 5.56 Å². The number of alkyl halides is 3. The van der Waals surface area contributed by atoms with Crippen molar-refractivity contribution < 1.29 is 13.2 Å². The van der Waals surface area contributed by atoms with E-state index in [2.05, 4.69) is 20.3 Å². The number of pyridine rings is 1. The minimum Gasteiger partial charge on any atom is -0.308 e. The van der Waals surface area contributed by atoms with Crippen molar-refractivity contribution in [2.24, 2.45) is 0 Å². The molecule has 0 fully saturated rings. The fourth-order valence-corrected chi connectivity index (χ4v) is 1.82. The van der Waals surface area contributed by atoms with Crippen molar-refractivity contribution in [1.29, 1.82) is 0 Å². The summed E-state index contributed by atoms with van der Waals surface area (Å²) in [6.45, 7) is 0. The summed E-state index contributed by atoms with van der Waals surface area (Å²) in [5.41, 5.74) is -0.297. The Bertz CT molecular complexity index is 542. The van der Waals surface area contributed by atoms with Gasteiger partial charge in [-0.3, -0.25) is 15.0 Å². The first-order chi connectivity index (χ1) is 9.04. The molecule has 0 aromatic carbocycles. The second-order valence-electron chi connectivity index (χ2n) is 3.81. The van der Waals surface area contributed by atoms with Crippen LogP contribution in [0.2, 0.25) is 0 Å². The van der Waals surface area contributed by atoms with Crippen LogP contribution in [-0.2, 0) is 6.18 Å². The van der Waals surface area contributed by atoms with Gasteiger partial charge in [0.25, 0.3) is 0 Å². The van der Waals surface area contributed by atoms with Crippen LogP contribution in [0, 0.1) is 0 Å². The molecule has 2 heterocycles. The fourth-order valence-electron chi connectivity index (χ4n) is 1.82. The summed E-state index contributed by atoms with van der Waals surface area (Å²) >= 11 is 0. The predicted octanol–water partition coefficient (Wildman–Crippen LogP) is 2.20. The van der Waals surface area contributed by atoms with Crippen LogP contribution in [0.15, 0.2) is 37.1 Å². The molecule has 4 nitrogen and oxygen atoms in total. The minimum absolute atomic E-state index is 0.0259. The van der Waals surface area contributed by atoms with E-state index in [4.69, 9.17) is 0 Å². The average Bonchev–Trinajstić information content (AvgIpc) is 2.40. The van der Waals surface area contributed by atoms with E-state index in [9.17, 15) is 13.2 Å². The fraction of sp³-hybridized carbons (Fsp3) is 0.250. The molecule has 0 amide bonds. The summed E-state index contributed by atoms with van der Waals surface area (Å²) in [4.78, 5) is 11.7. The molecule has 0 bridgehead atoms. The highest BCUT2D eigenvalue weighted by Crippen LogP contribution is 2.35. The highest BCUT2D eigenvalue weighted by molar-refractivity contribution is 5.33. The van der Waals surface area contributed by atoms with Gasteiger partial charge in [-0.05, 0) is 13.1 Å². The maximum Gasteiger partial charge on any atom is 0.416 e. The Morgan fingerprint density at radius 1 is 1.11 bits per heavy atom. The summed E-state index contributed by atoms with van der Waals surface area (Å²) in [5, 5.41) is 2.80. The van der Waals surface area contributed by atoms with Gasteiger partial charge >= 0.3 is 6.18 Å². The zero-order chi connectivity index (χ0) is 13.9. The van der Waals surface area contributed by atoms with Gasteiger partial charge in [-0.15, -0.1) is 0 Å². The van der Waals surface area contributed by atoms with Crippen LogP contribution in [0.1, 0.15) is 22.9 Å². The van der Waals surface area contributed by atoms with Crippen LogP contribution in [-0.4, -0.2) is 22.0 Å². The van der Waals surface area contributed by atoms with Gasteiger partial charge in [0.05, 0.1) is 23.5 Å². The standard InChI is InChI=1S/C12H11F3N4/c1-16-11(10-7-18-4-5-19-10)8-6-17-3-2-9(8)12(13,14)15/h2-7,11,16H,1H3. The maximum absolute atomic E-state index is 13.0. The zero-order valence-corrected chi connectivity index (χ0v) is 10.0. The number of halogens is 3. The van der Waals surface area contributed by atoms with Gasteiger partial charge in [-0.2, -0.15) is 13.2 Å². The third kappa shape index (κ3) is 2.87. The van der Waals surface area contributed by atoms with E-state index >= 15 is 0 Å². The van der Waals surface area contributed by atoms with Crippen LogP contribution in [0.5, 0.6) is 0 Å². The van der Waals surface area contributed by atoms with Crippen LogP contribution in [0.4, 0.5) is 13.2 Å². The Hall–Kier alpha value is -2.02. The van der Waals surface area contributed by atoms with Crippen LogP contribution in [0.25, 0.3) is 0 Å². The van der Waals surface area contributed by atoms with Gasteiger partial charge in [0.15, 0.2) is 0 Å². The largest absolute Gasteiger partial charge is 0.416 e. The summed E-state index contributed by atoms with van der Waals surface area (Å²) in [7, 11) is 1.56. The van der Waals surface area contributed by atoms with Gasteiger partial charge in [0.2, 0.25) is 0 Å². The third-order valence-electron chi connectivity index (χ3n) is 2.64. The van der Waals surface area contributed by atoms with E-state index in [1.54, 1.807) is 7.05 Å². The molecule has 0 radical (unpaired) electrons. The summed E-state index contributed by atoms with van der Waals surface area (Å²) < 4.78 is 38.9. The Morgan fingerprint density at radius 3 is 2.42 bits per heavy atom. The molecule has 0 aliphatic heterocycles. The molecule has 0 aliphatic carbocycles.